The average Bonchev–Trinajstić information content (AvgIpc) is 2.44. The first-order valence-electron chi connectivity index (χ1n) is 5.54. The number of carbonyl (C=O) groups is 2. The molecule has 2 aromatic carbocycles. The van der Waals surface area contributed by atoms with Crippen LogP contribution >= 0.6 is 23.2 Å². The summed E-state index contributed by atoms with van der Waals surface area (Å²) in [6, 6.07) is 9.34. The minimum atomic E-state index is -1.30. The Morgan fingerprint density at radius 1 is 1.05 bits per heavy atom. The Morgan fingerprint density at radius 2 is 1.65 bits per heavy atom. The molecule has 0 saturated carbocycles. The molecule has 0 aromatic heterocycles. The van der Waals surface area contributed by atoms with Gasteiger partial charge in [-0.3, -0.25) is 4.79 Å². The predicted molar refractivity (Wildman–Crippen MR) is 77.7 cm³/mol. The van der Waals surface area contributed by atoms with Gasteiger partial charge in [-0.1, -0.05) is 53.5 Å². The minimum absolute atomic E-state index is 0.0127. The highest BCUT2D eigenvalue weighted by Crippen LogP contribution is 2.35. The van der Waals surface area contributed by atoms with Gasteiger partial charge in [0.15, 0.2) is 5.78 Å². The lowest BCUT2D eigenvalue weighted by Crippen LogP contribution is -2.12. The summed E-state index contributed by atoms with van der Waals surface area (Å²) in [5, 5.41) is 9.01. The van der Waals surface area contributed by atoms with Gasteiger partial charge in [-0.15, -0.1) is 0 Å². The van der Waals surface area contributed by atoms with Crippen molar-refractivity contribution >= 4 is 40.6 Å². The molecule has 6 heteroatoms. The highest BCUT2D eigenvalue weighted by Gasteiger charge is 2.24. The highest BCUT2D eigenvalue weighted by molar-refractivity contribution is 6.46. The first-order valence-corrected chi connectivity index (χ1v) is 6.29. The zero-order valence-corrected chi connectivity index (χ0v) is 11.6. The van der Waals surface area contributed by atoms with Crippen LogP contribution in [0.1, 0.15) is 26.3 Å². The zero-order chi connectivity index (χ0) is 14.9. The molecule has 20 heavy (non-hydrogen) atoms. The molecule has 0 atom stereocenters. The standard InChI is InChI=1S/C14H9Cl2NO3/c15-11-9(17)6-8(14(19)20)10(12(11)16)13(18)7-4-2-1-3-5-7/h1-6H,17H2,(H,19,20). The number of benzene rings is 2. The summed E-state index contributed by atoms with van der Waals surface area (Å²) in [4.78, 5) is 23.7. The number of hydrogen-bond acceptors (Lipinski definition) is 3. The Hall–Kier alpha value is -2.04. The van der Waals surface area contributed by atoms with Crippen LogP contribution in [0.15, 0.2) is 36.4 Å². The number of ketones is 1. The number of halogens is 2. The van der Waals surface area contributed by atoms with E-state index in [0.717, 1.165) is 6.07 Å². The summed E-state index contributed by atoms with van der Waals surface area (Å²) in [5.74, 6) is -1.82. The zero-order valence-electron chi connectivity index (χ0n) is 10.1. The summed E-state index contributed by atoms with van der Waals surface area (Å²) in [6.45, 7) is 0. The molecule has 0 amide bonds. The van der Waals surface area contributed by atoms with Crippen LogP contribution in [0.2, 0.25) is 10.0 Å². The van der Waals surface area contributed by atoms with Gasteiger partial charge in [0.2, 0.25) is 0 Å². The van der Waals surface area contributed by atoms with Gasteiger partial charge in [-0.25, -0.2) is 4.79 Å². The van der Waals surface area contributed by atoms with E-state index in [9.17, 15) is 14.7 Å². The van der Waals surface area contributed by atoms with Gasteiger partial charge in [0.1, 0.15) is 0 Å². The van der Waals surface area contributed by atoms with Crippen molar-refractivity contribution in [2.24, 2.45) is 0 Å². The van der Waals surface area contributed by atoms with Crippen molar-refractivity contribution in [1.29, 1.82) is 0 Å². The molecule has 0 bridgehead atoms. The number of carboxylic acid groups (broad SMARTS) is 1. The van der Waals surface area contributed by atoms with Crippen molar-refractivity contribution in [1.82, 2.24) is 0 Å². The molecular weight excluding hydrogens is 301 g/mol. The van der Waals surface area contributed by atoms with E-state index in [2.05, 4.69) is 0 Å². The molecule has 102 valence electrons. The minimum Gasteiger partial charge on any atom is -0.478 e. The largest absolute Gasteiger partial charge is 0.478 e. The number of anilines is 1. The number of carboxylic acids is 1. The van der Waals surface area contributed by atoms with Crippen molar-refractivity contribution in [2.75, 3.05) is 5.73 Å². The van der Waals surface area contributed by atoms with Gasteiger partial charge in [0.25, 0.3) is 0 Å². The van der Waals surface area contributed by atoms with Crippen LogP contribution < -0.4 is 5.73 Å². The van der Waals surface area contributed by atoms with E-state index in [0.29, 0.717) is 5.56 Å². The van der Waals surface area contributed by atoms with Gasteiger partial charge >= 0.3 is 5.97 Å². The van der Waals surface area contributed by atoms with Crippen LogP contribution in [0.4, 0.5) is 5.69 Å². The maximum atomic E-state index is 12.4. The monoisotopic (exact) mass is 309 g/mol. The Balaban J connectivity index is 2.70. The van der Waals surface area contributed by atoms with E-state index in [1.54, 1.807) is 30.3 Å². The molecular formula is C14H9Cl2NO3. The van der Waals surface area contributed by atoms with E-state index in [-0.39, 0.29) is 26.9 Å². The van der Waals surface area contributed by atoms with Gasteiger partial charge in [0, 0.05) is 5.56 Å². The molecule has 3 N–H and O–H groups in total. The normalized spacial score (nSPS) is 10.3. The molecule has 4 nitrogen and oxygen atoms in total. The Morgan fingerprint density at radius 3 is 2.20 bits per heavy atom. The van der Waals surface area contributed by atoms with Crippen molar-refractivity contribution in [3.05, 3.63) is 63.1 Å². The maximum absolute atomic E-state index is 12.4. The van der Waals surface area contributed by atoms with E-state index < -0.39 is 11.8 Å². The van der Waals surface area contributed by atoms with Crippen LogP contribution in [0.3, 0.4) is 0 Å². The highest BCUT2D eigenvalue weighted by atomic mass is 35.5. The lowest BCUT2D eigenvalue weighted by atomic mass is 9.97. The van der Waals surface area contributed by atoms with E-state index in [1.807, 2.05) is 0 Å². The molecule has 0 aliphatic heterocycles. The topological polar surface area (TPSA) is 80.4 Å². The lowest BCUT2D eigenvalue weighted by molar-refractivity contribution is 0.0693. The van der Waals surface area contributed by atoms with E-state index in [1.165, 1.54) is 0 Å². The fourth-order valence-electron chi connectivity index (χ4n) is 1.77. The quantitative estimate of drug-likeness (QED) is 0.671. The number of aromatic carboxylic acids is 1. The lowest BCUT2D eigenvalue weighted by Gasteiger charge is -2.11. The van der Waals surface area contributed by atoms with E-state index >= 15 is 0 Å². The molecule has 0 aliphatic rings. The fraction of sp³-hybridized carbons (Fsp3) is 0. The number of nitrogens with two attached hydrogens (primary N) is 1. The third-order valence-electron chi connectivity index (χ3n) is 2.73. The SMILES string of the molecule is Nc1cc(C(=O)O)c(C(=O)c2ccccc2)c(Cl)c1Cl. The molecule has 2 rings (SSSR count). The average molecular weight is 310 g/mol. The summed E-state index contributed by atoms with van der Waals surface area (Å²) >= 11 is 11.9. The number of carbonyl (C=O) groups excluding carboxylic acids is 1. The van der Waals surface area contributed by atoms with Crippen molar-refractivity contribution < 1.29 is 14.7 Å². The third kappa shape index (κ3) is 2.48. The van der Waals surface area contributed by atoms with Crippen molar-refractivity contribution in [3.8, 4) is 0 Å². The predicted octanol–water partition coefficient (Wildman–Crippen LogP) is 3.50. The fourth-order valence-corrected chi connectivity index (χ4v) is 2.22. The molecule has 0 radical (unpaired) electrons. The third-order valence-corrected chi connectivity index (χ3v) is 3.61. The summed E-state index contributed by atoms with van der Waals surface area (Å²) < 4.78 is 0. The van der Waals surface area contributed by atoms with Crippen LogP contribution in [0.25, 0.3) is 0 Å². The Labute approximate surface area is 124 Å². The van der Waals surface area contributed by atoms with Crippen molar-refractivity contribution in [3.63, 3.8) is 0 Å². The number of rotatable bonds is 3. The van der Waals surface area contributed by atoms with Crippen LogP contribution in [0, 0.1) is 0 Å². The summed E-state index contributed by atoms with van der Waals surface area (Å²) in [5.41, 5.74) is 5.47. The van der Waals surface area contributed by atoms with Crippen LogP contribution in [-0.4, -0.2) is 16.9 Å². The molecule has 0 saturated heterocycles. The Kier molecular flexibility index (Phi) is 3.97. The molecule has 0 aliphatic carbocycles. The van der Waals surface area contributed by atoms with E-state index in [4.69, 9.17) is 28.9 Å². The smallest absolute Gasteiger partial charge is 0.336 e. The summed E-state index contributed by atoms with van der Waals surface area (Å²) in [6.07, 6.45) is 0. The number of nitrogen functional groups attached to an aromatic ring is 1. The van der Waals surface area contributed by atoms with Crippen LogP contribution in [0.5, 0.6) is 0 Å². The number of hydrogen-bond donors (Lipinski definition) is 2. The van der Waals surface area contributed by atoms with Crippen molar-refractivity contribution in [2.45, 2.75) is 0 Å². The second kappa shape index (κ2) is 5.53. The van der Waals surface area contributed by atoms with Gasteiger partial charge in [0.05, 0.1) is 26.9 Å². The summed E-state index contributed by atoms with van der Waals surface area (Å²) in [7, 11) is 0. The van der Waals surface area contributed by atoms with Crippen LogP contribution in [-0.2, 0) is 0 Å². The second-order valence-corrected chi connectivity index (χ2v) is 4.77. The van der Waals surface area contributed by atoms with Gasteiger partial charge in [-0.05, 0) is 6.07 Å². The first-order chi connectivity index (χ1) is 9.43. The maximum Gasteiger partial charge on any atom is 0.336 e. The first kappa shape index (κ1) is 14.4. The molecule has 2 aromatic rings. The van der Waals surface area contributed by atoms with Gasteiger partial charge in [-0.2, -0.15) is 0 Å². The Bertz CT molecular complexity index is 699. The molecule has 0 fully saturated rings. The molecule has 0 unspecified atom stereocenters. The molecule has 0 heterocycles. The second-order valence-electron chi connectivity index (χ2n) is 4.02. The van der Waals surface area contributed by atoms with Gasteiger partial charge < -0.3 is 10.8 Å². The molecule has 0 spiro atoms.